The molecule has 0 atom stereocenters. The van der Waals surface area contributed by atoms with Crippen molar-refractivity contribution in [3.8, 4) is 5.69 Å². The van der Waals surface area contributed by atoms with Crippen molar-refractivity contribution in [1.82, 2.24) is 9.55 Å². The van der Waals surface area contributed by atoms with E-state index in [9.17, 15) is 4.79 Å². The number of hydrogen-bond donors (Lipinski definition) is 1. The number of ether oxygens (including phenoxy) is 1. The molecule has 6 heteroatoms. The molecule has 0 spiro atoms. The zero-order valence-electron chi connectivity index (χ0n) is 10.8. The number of carbonyl (C=O) groups is 1. The smallest absolute Gasteiger partial charge is 0.360 e. The maximum atomic E-state index is 11.7. The monoisotopic (exact) mass is 277 g/mol. The molecule has 100 valence electrons. The highest BCUT2D eigenvalue weighted by Crippen LogP contribution is 2.22. The number of imidazole rings is 1. The van der Waals surface area contributed by atoms with Gasteiger partial charge >= 0.3 is 5.97 Å². The third kappa shape index (κ3) is 2.73. The Kier molecular flexibility index (Phi) is 4.11. The number of thioether (sulfide) groups is 1. The van der Waals surface area contributed by atoms with Crippen LogP contribution in [0.1, 0.15) is 17.4 Å². The Hall–Kier alpha value is -1.95. The van der Waals surface area contributed by atoms with Gasteiger partial charge in [0.1, 0.15) is 12.1 Å². The number of rotatable bonds is 4. The lowest BCUT2D eigenvalue weighted by atomic mass is 10.3. The number of nitrogens with two attached hydrogens (primary N) is 1. The fraction of sp³-hybridized carbons (Fsp3) is 0.231. The van der Waals surface area contributed by atoms with E-state index in [1.54, 1.807) is 23.3 Å². The van der Waals surface area contributed by atoms with Gasteiger partial charge in [0.05, 0.1) is 6.61 Å². The SMILES string of the molecule is CCOC(=O)c1ncn(-c2cccc(SC)c2)c1N. The molecule has 0 aliphatic rings. The van der Waals surface area contributed by atoms with Crippen LogP contribution in [0, 0.1) is 0 Å². The summed E-state index contributed by atoms with van der Waals surface area (Å²) in [6.07, 6.45) is 3.53. The van der Waals surface area contributed by atoms with Crippen LogP contribution >= 0.6 is 11.8 Å². The highest BCUT2D eigenvalue weighted by atomic mass is 32.2. The standard InChI is InChI=1S/C13H15N3O2S/c1-3-18-13(17)11-12(14)16(8-15-11)9-5-4-6-10(7-9)19-2/h4-8H,3,14H2,1-2H3. The Morgan fingerprint density at radius 3 is 3.00 bits per heavy atom. The molecule has 0 radical (unpaired) electrons. The van der Waals surface area contributed by atoms with Crippen molar-refractivity contribution in [2.24, 2.45) is 0 Å². The van der Waals surface area contributed by atoms with Crippen LogP contribution in [0.4, 0.5) is 5.82 Å². The minimum Gasteiger partial charge on any atom is -0.461 e. The molecule has 0 amide bonds. The topological polar surface area (TPSA) is 70.1 Å². The number of esters is 1. The average molecular weight is 277 g/mol. The second-order valence-corrected chi connectivity index (χ2v) is 4.65. The van der Waals surface area contributed by atoms with Crippen LogP contribution in [0.3, 0.4) is 0 Å². The number of carbonyl (C=O) groups excluding carboxylic acids is 1. The first-order valence-corrected chi connectivity index (χ1v) is 7.04. The molecule has 1 aromatic carbocycles. The zero-order valence-corrected chi connectivity index (χ0v) is 11.6. The van der Waals surface area contributed by atoms with E-state index in [0.717, 1.165) is 10.6 Å². The normalized spacial score (nSPS) is 10.4. The van der Waals surface area contributed by atoms with Crippen LogP contribution in [0.5, 0.6) is 0 Å². The highest BCUT2D eigenvalue weighted by molar-refractivity contribution is 7.98. The van der Waals surface area contributed by atoms with E-state index in [1.165, 1.54) is 6.33 Å². The first kappa shape index (κ1) is 13.5. The lowest BCUT2D eigenvalue weighted by Crippen LogP contribution is -2.09. The fourth-order valence-electron chi connectivity index (χ4n) is 1.68. The molecular formula is C13H15N3O2S. The quantitative estimate of drug-likeness (QED) is 0.686. The van der Waals surface area contributed by atoms with Crippen molar-refractivity contribution in [1.29, 1.82) is 0 Å². The molecule has 0 unspecified atom stereocenters. The van der Waals surface area contributed by atoms with Crippen LogP contribution in [-0.2, 0) is 4.74 Å². The Bertz CT molecular complexity index is 595. The van der Waals surface area contributed by atoms with Crippen molar-refractivity contribution < 1.29 is 9.53 Å². The Labute approximate surface area is 115 Å². The Morgan fingerprint density at radius 2 is 2.32 bits per heavy atom. The van der Waals surface area contributed by atoms with Gasteiger partial charge in [-0.3, -0.25) is 4.57 Å². The molecule has 0 saturated heterocycles. The van der Waals surface area contributed by atoms with Crippen LogP contribution in [0.15, 0.2) is 35.5 Å². The van der Waals surface area contributed by atoms with Crippen molar-refractivity contribution in [2.45, 2.75) is 11.8 Å². The number of hydrogen-bond acceptors (Lipinski definition) is 5. The molecular weight excluding hydrogens is 262 g/mol. The molecule has 0 saturated carbocycles. The lowest BCUT2D eigenvalue weighted by Gasteiger charge is -2.07. The number of aromatic nitrogens is 2. The summed E-state index contributed by atoms with van der Waals surface area (Å²) in [4.78, 5) is 16.8. The largest absolute Gasteiger partial charge is 0.461 e. The van der Waals surface area contributed by atoms with Gasteiger partial charge in [0.25, 0.3) is 0 Å². The summed E-state index contributed by atoms with van der Waals surface area (Å²) in [7, 11) is 0. The number of nitrogen functional groups attached to an aromatic ring is 1. The third-order valence-corrected chi connectivity index (χ3v) is 3.33. The van der Waals surface area contributed by atoms with Crippen LogP contribution in [-0.4, -0.2) is 28.4 Å². The van der Waals surface area contributed by atoms with Gasteiger partial charge in [-0.05, 0) is 31.4 Å². The molecule has 0 aliphatic heterocycles. The summed E-state index contributed by atoms with van der Waals surface area (Å²) in [6.45, 7) is 2.04. The molecule has 2 rings (SSSR count). The number of nitrogens with zero attached hydrogens (tertiary/aromatic N) is 2. The van der Waals surface area contributed by atoms with Gasteiger partial charge in [-0.15, -0.1) is 11.8 Å². The van der Waals surface area contributed by atoms with Gasteiger partial charge in [-0.25, -0.2) is 9.78 Å². The van der Waals surface area contributed by atoms with E-state index >= 15 is 0 Å². The zero-order chi connectivity index (χ0) is 13.8. The summed E-state index contributed by atoms with van der Waals surface area (Å²) in [5.41, 5.74) is 6.97. The molecule has 2 aromatic rings. The average Bonchev–Trinajstić information content (AvgIpc) is 2.81. The fourth-order valence-corrected chi connectivity index (χ4v) is 2.13. The molecule has 0 bridgehead atoms. The second kappa shape index (κ2) is 5.79. The summed E-state index contributed by atoms with van der Waals surface area (Å²) in [5, 5.41) is 0. The Morgan fingerprint density at radius 1 is 1.53 bits per heavy atom. The summed E-state index contributed by atoms with van der Waals surface area (Å²) >= 11 is 1.64. The van der Waals surface area contributed by atoms with Crippen molar-refractivity contribution in [2.75, 3.05) is 18.6 Å². The van der Waals surface area contributed by atoms with E-state index in [0.29, 0.717) is 6.61 Å². The van der Waals surface area contributed by atoms with Gasteiger partial charge in [0, 0.05) is 10.6 Å². The van der Waals surface area contributed by atoms with Gasteiger partial charge in [-0.1, -0.05) is 6.07 Å². The minimum atomic E-state index is -0.500. The number of anilines is 1. The predicted molar refractivity (Wildman–Crippen MR) is 75.7 cm³/mol. The van der Waals surface area contributed by atoms with Crippen molar-refractivity contribution >= 4 is 23.5 Å². The predicted octanol–water partition coefficient (Wildman–Crippen LogP) is 2.35. The number of benzene rings is 1. The minimum absolute atomic E-state index is 0.149. The summed E-state index contributed by atoms with van der Waals surface area (Å²) in [6, 6.07) is 7.84. The summed E-state index contributed by atoms with van der Waals surface area (Å²) < 4.78 is 6.58. The lowest BCUT2D eigenvalue weighted by molar-refractivity contribution is 0.0521. The van der Waals surface area contributed by atoms with E-state index in [4.69, 9.17) is 10.5 Å². The van der Waals surface area contributed by atoms with Crippen LogP contribution < -0.4 is 5.73 Å². The van der Waals surface area contributed by atoms with E-state index in [-0.39, 0.29) is 11.5 Å². The third-order valence-electron chi connectivity index (χ3n) is 2.60. The van der Waals surface area contributed by atoms with E-state index in [1.807, 2.05) is 30.5 Å². The van der Waals surface area contributed by atoms with Crippen LogP contribution in [0.2, 0.25) is 0 Å². The summed E-state index contributed by atoms with van der Waals surface area (Å²) in [5.74, 6) is -0.212. The first-order chi connectivity index (χ1) is 9.17. The Balaban J connectivity index is 2.38. The van der Waals surface area contributed by atoms with Gasteiger partial charge < -0.3 is 10.5 Å². The van der Waals surface area contributed by atoms with Crippen LogP contribution in [0.25, 0.3) is 5.69 Å². The maximum absolute atomic E-state index is 11.7. The van der Waals surface area contributed by atoms with Gasteiger partial charge in [-0.2, -0.15) is 0 Å². The van der Waals surface area contributed by atoms with Crippen molar-refractivity contribution in [3.05, 3.63) is 36.3 Å². The highest BCUT2D eigenvalue weighted by Gasteiger charge is 2.17. The van der Waals surface area contributed by atoms with Gasteiger partial charge in [0.2, 0.25) is 0 Å². The molecule has 19 heavy (non-hydrogen) atoms. The molecule has 5 nitrogen and oxygen atoms in total. The van der Waals surface area contributed by atoms with Gasteiger partial charge in [0.15, 0.2) is 5.69 Å². The van der Waals surface area contributed by atoms with Crippen molar-refractivity contribution in [3.63, 3.8) is 0 Å². The first-order valence-electron chi connectivity index (χ1n) is 5.81. The molecule has 0 aliphatic carbocycles. The molecule has 2 N–H and O–H groups in total. The molecule has 0 fully saturated rings. The van der Waals surface area contributed by atoms with E-state index in [2.05, 4.69) is 4.98 Å². The van der Waals surface area contributed by atoms with E-state index < -0.39 is 5.97 Å². The second-order valence-electron chi connectivity index (χ2n) is 3.77. The molecule has 1 aromatic heterocycles. The molecule has 1 heterocycles. The maximum Gasteiger partial charge on any atom is 0.360 e.